The van der Waals surface area contributed by atoms with Gasteiger partial charge >= 0.3 is 6.03 Å². The Morgan fingerprint density at radius 2 is 1.96 bits per heavy atom. The first-order chi connectivity index (χ1) is 12.1. The Balaban J connectivity index is 1.65. The van der Waals surface area contributed by atoms with Crippen molar-refractivity contribution in [1.29, 1.82) is 0 Å². The van der Waals surface area contributed by atoms with Gasteiger partial charge in [0.15, 0.2) is 0 Å². The van der Waals surface area contributed by atoms with Gasteiger partial charge in [-0.15, -0.1) is 0 Å². The van der Waals surface area contributed by atoms with Gasteiger partial charge in [0.05, 0.1) is 12.1 Å². The van der Waals surface area contributed by atoms with Crippen molar-refractivity contribution in [2.45, 2.75) is 63.0 Å². The molecule has 25 heavy (non-hydrogen) atoms. The third-order valence-corrected chi connectivity index (χ3v) is 5.80. The highest BCUT2D eigenvalue weighted by Crippen LogP contribution is 2.36. The molecule has 1 aliphatic carbocycles. The van der Waals surface area contributed by atoms with Crippen LogP contribution in [0.4, 0.5) is 4.79 Å². The fourth-order valence-corrected chi connectivity index (χ4v) is 4.22. The molecule has 2 atom stereocenters. The molecule has 2 unspecified atom stereocenters. The highest BCUT2D eigenvalue weighted by molar-refractivity contribution is 5.74. The molecule has 0 spiro atoms. The van der Waals surface area contributed by atoms with E-state index in [4.69, 9.17) is 4.74 Å². The van der Waals surface area contributed by atoms with E-state index in [0.29, 0.717) is 6.54 Å². The molecule has 1 aliphatic heterocycles. The Morgan fingerprint density at radius 3 is 2.68 bits per heavy atom. The van der Waals surface area contributed by atoms with Crippen LogP contribution in [0.1, 0.15) is 49.7 Å². The number of aliphatic hydroxyl groups is 1. The monoisotopic (exact) mass is 346 g/mol. The maximum absolute atomic E-state index is 12.4. The van der Waals surface area contributed by atoms with Gasteiger partial charge in [-0.05, 0) is 43.7 Å². The standard InChI is InChI=1S/C20H30N2O3/c1-15-6-2-3-7-16(15)20(10-12-25-13-11-20)14-21-19(24)22-17-8-4-5-9-18(17)23/h2-3,6-7,17-18,23H,4-5,8-14H2,1H3,(H2,21,22,24). The van der Waals surface area contributed by atoms with Crippen molar-refractivity contribution in [2.75, 3.05) is 19.8 Å². The first-order valence-electron chi connectivity index (χ1n) is 9.47. The van der Waals surface area contributed by atoms with E-state index in [1.807, 2.05) is 0 Å². The molecule has 1 heterocycles. The van der Waals surface area contributed by atoms with Crippen LogP contribution in [-0.2, 0) is 10.2 Å². The van der Waals surface area contributed by atoms with Gasteiger partial charge in [-0.1, -0.05) is 37.1 Å². The summed E-state index contributed by atoms with van der Waals surface area (Å²) in [6.07, 6.45) is 5.12. The number of benzene rings is 1. The minimum atomic E-state index is -0.423. The molecule has 138 valence electrons. The molecule has 0 bridgehead atoms. The van der Waals surface area contributed by atoms with E-state index in [0.717, 1.165) is 51.7 Å². The molecule has 3 rings (SSSR count). The van der Waals surface area contributed by atoms with Gasteiger partial charge in [0.2, 0.25) is 0 Å². The maximum atomic E-state index is 12.4. The smallest absolute Gasteiger partial charge is 0.315 e. The third-order valence-electron chi connectivity index (χ3n) is 5.80. The fraction of sp³-hybridized carbons (Fsp3) is 0.650. The normalized spacial score (nSPS) is 26.0. The highest BCUT2D eigenvalue weighted by Gasteiger charge is 2.36. The van der Waals surface area contributed by atoms with Gasteiger partial charge in [0.25, 0.3) is 0 Å². The molecule has 1 saturated carbocycles. The number of ether oxygens (including phenoxy) is 1. The average molecular weight is 346 g/mol. The zero-order valence-corrected chi connectivity index (χ0v) is 15.1. The van der Waals surface area contributed by atoms with Crippen molar-refractivity contribution in [1.82, 2.24) is 10.6 Å². The molecular weight excluding hydrogens is 316 g/mol. The van der Waals surface area contributed by atoms with Crippen LogP contribution in [0.2, 0.25) is 0 Å². The second-order valence-corrected chi connectivity index (χ2v) is 7.49. The molecule has 2 aliphatic rings. The van der Waals surface area contributed by atoms with E-state index in [1.54, 1.807) is 0 Å². The number of aliphatic hydroxyl groups excluding tert-OH is 1. The van der Waals surface area contributed by atoms with E-state index in [1.165, 1.54) is 11.1 Å². The van der Waals surface area contributed by atoms with Crippen LogP contribution >= 0.6 is 0 Å². The summed E-state index contributed by atoms with van der Waals surface area (Å²) >= 11 is 0. The second kappa shape index (κ2) is 8.19. The zero-order chi connectivity index (χ0) is 17.7. The van der Waals surface area contributed by atoms with Crippen molar-refractivity contribution in [2.24, 2.45) is 0 Å². The summed E-state index contributed by atoms with van der Waals surface area (Å²) in [5.41, 5.74) is 2.48. The predicted molar refractivity (Wildman–Crippen MR) is 97.7 cm³/mol. The summed E-state index contributed by atoms with van der Waals surface area (Å²) in [4.78, 5) is 12.4. The largest absolute Gasteiger partial charge is 0.391 e. The van der Waals surface area contributed by atoms with E-state index in [9.17, 15) is 9.90 Å². The van der Waals surface area contributed by atoms with E-state index >= 15 is 0 Å². The highest BCUT2D eigenvalue weighted by atomic mass is 16.5. The summed E-state index contributed by atoms with van der Waals surface area (Å²) in [7, 11) is 0. The summed E-state index contributed by atoms with van der Waals surface area (Å²) < 4.78 is 5.57. The number of aryl methyl sites for hydroxylation is 1. The molecule has 5 heteroatoms. The van der Waals surface area contributed by atoms with Crippen molar-refractivity contribution >= 4 is 6.03 Å². The molecule has 3 N–H and O–H groups in total. The molecule has 2 amide bonds. The lowest BCUT2D eigenvalue weighted by Gasteiger charge is -2.39. The summed E-state index contributed by atoms with van der Waals surface area (Å²) in [6.45, 7) is 4.17. The zero-order valence-electron chi connectivity index (χ0n) is 15.1. The third kappa shape index (κ3) is 4.33. The Kier molecular flexibility index (Phi) is 5.97. The quantitative estimate of drug-likeness (QED) is 0.785. The van der Waals surface area contributed by atoms with Crippen molar-refractivity contribution in [3.8, 4) is 0 Å². The van der Waals surface area contributed by atoms with Crippen LogP contribution in [0.25, 0.3) is 0 Å². The van der Waals surface area contributed by atoms with Gasteiger partial charge in [-0.3, -0.25) is 0 Å². The lowest BCUT2D eigenvalue weighted by atomic mass is 9.72. The number of carbonyl (C=O) groups excluding carboxylic acids is 1. The Hall–Kier alpha value is -1.59. The lowest BCUT2D eigenvalue weighted by Crippen LogP contribution is -2.52. The van der Waals surface area contributed by atoms with Crippen molar-refractivity contribution < 1.29 is 14.6 Å². The number of urea groups is 1. The topological polar surface area (TPSA) is 70.6 Å². The van der Waals surface area contributed by atoms with Crippen LogP contribution in [0.5, 0.6) is 0 Å². The van der Waals surface area contributed by atoms with Crippen molar-refractivity contribution in [3.63, 3.8) is 0 Å². The Bertz CT molecular complexity index is 584. The van der Waals surface area contributed by atoms with Gasteiger partial charge < -0.3 is 20.5 Å². The van der Waals surface area contributed by atoms with E-state index in [2.05, 4.69) is 41.8 Å². The van der Waals surface area contributed by atoms with Gasteiger partial charge in [-0.25, -0.2) is 4.79 Å². The molecule has 1 aromatic rings. The molecule has 0 radical (unpaired) electrons. The molecule has 5 nitrogen and oxygen atoms in total. The molecule has 0 aromatic heterocycles. The van der Waals surface area contributed by atoms with Gasteiger partial charge in [0, 0.05) is 25.2 Å². The average Bonchev–Trinajstić information content (AvgIpc) is 2.63. The van der Waals surface area contributed by atoms with Crippen LogP contribution in [0.3, 0.4) is 0 Å². The number of rotatable bonds is 4. The van der Waals surface area contributed by atoms with E-state index in [-0.39, 0.29) is 17.5 Å². The number of hydrogen-bond donors (Lipinski definition) is 3. The second-order valence-electron chi connectivity index (χ2n) is 7.49. The van der Waals surface area contributed by atoms with Crippen LogP contribution in [0.15, 0.2) is 24.3 Å². The summed E-state index contributed by atoms with van der Waals surface area (Å²) in [6, 6.07) is 8.12. The van der Waals surface area contributed by atoms with Gasteiger partial charge in [-0.2, -0.15) is 0 Å². The fourth-order valence-electron chi connectivity index (χ4n) is 4.22. The lowest BCUT2D eigenvalue weighted by molar-refractivity contribution is 0.0501. The summed E-state index contributed by atoms with van der Waals surface area (Å²) in [5.74, 6) is 0. The van der Waals surface area contributed by atoms with Crippen LogP contribution in [0, 0.1) is 6.92 Å². The van der Waals surface area contributed by atoms with E-state index < -0.39 is 6.10 Å². The molecule has 2 fully saturated rings. The predicted octanol–water partition coefficient (Wildman–Crippen LogP) is 2.65. The Morgan fingerprint density at radius 1 is 1.24 bits per heavy atom. The number of carbonyl (C=O) groups is 1. The maximum Gasteiger partial charge on any atom is 0.315 e. The SMILES string of the molecule is Cc1ccccc1C1(CNC(=O)NC2CCCCC2O)CCOCC1. The first-order valence-corrected chi connectivity index (χ1v) is 9.47. The minimum absolute atomic E-state index is 0.0773. The van der Waals surface area contributed by atoms with Crippen molar-refractivity contribution in [3.05, 3.63) is 35.4 Å². The van der Waals surface area contributed by atoms with Crippen LogP contribution < -0.4 is 10.6 Å². The molecule has 1 aromatic carbocycles. The molecular formula is C20H30N2O3. The van der Waals surface area contributed by atoms with Crippen LogP contribution in [-0.4, -0.2) is 43.0 Å². The number of amides is 2. The van der Waals surface area contributed by atoms with Gasteiger partial charge in [0.1, 0.15) is 0 Å². The molecule has 1 saturated heterocycles. The first kappa shape index (κ1) is 18.2. The number of hydrogen-bond acceptors (Lipinski definition) is 3. The minimum Gasteiger partial charge on any atom is -0.391 e. The Labute approximate surface area is 150 Å². The number of nitrogens with one attached hydrogen (secondary N) is 2. The summed E-state index contributed by atoms with van der Waals surface area (Å²) in [5, 5.41) is 16.1.